The van der Waals surface area contributed by atoms with Crippen LogP contribution in [0.25, 0.3) is 0 Å². The minimum Gasteiger partial charge on any atom is -0.493 e. The summed E-state index contributed by atoms with van der Waals surface area (Å²) in [6, 6.07) is 7.25. The molecule has 15 heteroatoms. The van der Waals surface area contributed by atoms with Crippen LogP contribution >= 0.6 is 0 Å². The smallest absolute Gasteiger partial charge is 0.317 e. The molecule has 8 N–H and O–H groups in total. The summed E-state index contributed by atoms with van der Waals surface area (Å²) in [5, 5.41) is 43.1. The Kier molecular flexibility index (Phi) is 8.29. The van der Waals surface area contributed by atoms with Gasteiger partial charge in [0.25, 0.3) is 0 Å². The summed E-state index contributed by atoms with van der Waals surface area (Å²) in [6.07, 6.45) is -8.73. The van der Waals surface area contributed by atoms with Gasteiger partial charge in [-0.2, -0.15) is 0 Å². The van der Waals surface area contributed by atoms with Crippen molar-refractivity contribution < 1.29 is 63.2 Å². The number of carbonyl (C=O) groups excluding carboxylic acids is 1. The second-order valence-electron chi connectivity index (χ2n) is 13.0. The number of carbonyl (C=O) groups is 2. The molecule has 0 radical (unpaired) electrons. The Hall–Kier alpha value is -4.30. The first kappa shape index (κ1) is 33.2. The molecule has 0 amide bonds. The first-order valence-corrected chi connectivity index (χ1v) is 16.0. The number of aliphatic carboxylic acids is 1. The van der Waals surface area contributed by atoms with Gasteiger partial charge >= 0.3 is 11.9 Å². The highest BCUT2D eigenvalue weighted by Gasteiger charge is 2.60. The summed E-state index contributed by atoms with van der Waals surface area (Å²) in [7, 11) is 3.12. The van der Waals surface area contributed by atoms with Crippen LogP contribution < -0.4 is 35.2 Å². The average Bonchev–Trinajstić information content (AvgIpc) is 3.69. The highest BCUT2D eigenvalue weighted by Crippen LogP contribution is 2.64. The number of hydrogen-bond acceptors (Lipinski definition) is 14. The summed E-state index contributed by atoms with van der Waals surface area (Å²) in [5.41, 5.74) is 10.8. The molecule has 5 aliphatic heterocycles. The Morgan fingerprint density at radius 1 is 1.06 bits per heavy atom. The molecule has 1 spiro atoms. The van der Waals surface area contributed by atoms with Crippen LogP contribution in [0.4, 0.5) is 0 Å². The SMILES string of the molecule is COc1ccc2c(c1OC)O[C@@H]1c3cc4c(cc3OC3(CCCC3)[C@@H]21)O[C@H]1O[C@H]([C@H](OC(=O)CC(=O)O)C(N)N)[C@](O)(CC#C4)[C@H](O)[C@H]1O. The lowest BCUT2D eigenvalue weighted by molar-refractivity contribution is -0.324. The summed E-state index contributed by atoms with van der Waals surface area (Å²) in [6.45, 7) is 0. The molecule has 1 saturated heterocycles. The van der Waals surface area contributed by atoms with Gasteiger partial charge in [-0.05, 0) is 37.8 Å². The van der Waals surface area contributed by atoms with E-state index in [9.17, 15) is 24.9 Å². The van der Waals surface area contributed by atoms with Gasteiger partial charge in [0, 0.05) is 23.6 Å². The lowest BCUT2D eigenvalue weighted by Crippen LogP contribution is -2.72. The predicted octanol–water partition coefficient (Wildman–Crippen LogP) is 0.568. The number of nitrogens with two attached hydrogens (primary N) is 2. The Balaban J connectivity index is 1.29. The Morgan fingerprint density at radius 2 is 1.82 bits per heavy atom. The number of hydrogen-bond donors (Lipinski definition) is 6. The molecule has 2 aromatic carbocycles. The molecular weight excluding hydrogens is 644 g/mol. The van der Waals surface area contributed by atoms with Crippen molar-refractivity contribution in [2.45, 2.75) is 98.6 Å². The van der Waals surface area contributed by atoms with Crippen molar-refractivity contribution in [1.29, 1.82) is 0 Å². The van der Waals surface area contributed by atoms with Crippen molar-refractivity contribution in [3.63, 3.8) is 0 Å². The van der Waals surface area contributed by atoms with E-state index in [1.807, 2.05) is 12.1 Å². The number of methoxy groups -OCH3 is 2. The molecule has 2 fully saturated rings. The molecule has 0 aromatic heterocycles. The van der Waals surface area contributed by atoms with Crippen LogP contribution in [0.5, 0.6) is 28.7 Å². The number of ether oxygens (including phenoxy) is 7. The normalized spacial score (nSPS) is 30.6. The number of aliphatic hydroxyl groups is 3. The van der Waals surface area contributed by atoms with E-state index in [2.05, 4.69) is 11.8 Å². The quantitative estimate of drug-likeness (QED) is 0.101. The highest BCUT2D eigenvalue weighted by atomic mass is 16.7. The van der Waals surface area contributed by atoms with Gasteiger partial charge < -0.3 is 65.1 Å². The van der Waals surface area contributed by atoms with E-state index in [0.717, 1.165) is 31.2 Å². The van der Waals surface area contributed by atoms with Gasteiger partial charge in [0.15, 0.2) is 17.6 Å². The molecule has 1 saturated carbocycles. The fourth-order valence-corrected chi connectivity index (χ4v) is 7.88. The van der Waals surface area contributed by atoms with Gasteiger partial charge in [0.2, 0.25) is 12.0 Å². The summed E-state index contributed by atoms with van der Waals surface area (Å²) < 4.78 is 42.2. The minimum atomic E-state index is -2.38. The van der Waals surface area contributed by atoms with Crippen LogP contribution in [-0.4, -0.2) is 94.7 Å². The Bertz CT molecular complexity index is 1730. The van der Waals surface area contributed by atoms with Crippen LogP contribution in [0.1, 0.15) is 67.2 Å². The van der Waals surface area contributed by atoms with Crippen LogP contribution in [0, 0.1) is 11.8 Å². The zero-order valence-corrected chi connectivity index (χ0v) is 26.8. The maximum Gasteiger partial charge on any atom is 0.317 e. The Labute approximate surface area is 280 Å². The predicted molar refractivity (Wildman–Crippen MR) is 166 cm³/mol. The van der Waals surface area contributed by atoms with Gasteiger partial charge in [0.05, 0.1) is 31.9 Å². The molecule has 49 heavy (non-hydrogen) atoms. The highest BCUT2D eigenvalue weighted by molar-refractivity contribution is 5.90. The topological polar surface area (TPSA) is 232 Å². The molecule has 15 nitrogen and oxygen atoms in total. The number of rotatable bonds is 7. The zero-order valence-electron chi connectivity index (χ0n) is 26.8. The summed E-state index contributed by atoms with van der Waals surface area (Å²) in [5.74, 6) is 5.22. The fraction of sp³-hybridized carbons (Fsp3) is 0.529. The van der Waals surface area contributed by atoms with Crippen molar-refractivity contribution in [2.24, 2.45) is 11.5 Å². The van der Waals surface area contributed by atoms with E-state index in [-0.39, 0.29) is 11.7 Å². The van der Waals surface area contributed by atoms with Crippen molar-refractivity contribution >= 4 is 11.9 Å². The number of carboxylic acids is 1. The van der Waals surface area contributed by atoms with Gasteiger partial charge in [0.1, 0.15) is 53.5 Å². The van der Waals surface area contributed by atoms with Crippen LogP contribution in [-0.2, 0) is 19.1 Å². The van der Waals surface area contributed by atoms with Crippen molar-refractivity contribution in [2.75, 3.05) is 14.2 Å². The number of benzene rings is 2. The van der Waals surface area contributed by atoms with E-state index in [1.165, 1.54) is 0 Å². The third-order valence-corrected chi connectivity index (χ3v) is 10.1. The molecule has 0 unspecified atom stereocenters. The lowest BCUT2D eigenvalue weighted by Gasteiger charge is -2.50. The number of carboxylic acid groups (broad SMARTS) is 1. The fourth-order valence-electron chi connectivity index (χ4n) is 7.88. The van der Waals surface area contributed by atoms with Gasteiger partial charge in [-0.25, -0.2) is 0 Å². The van der Waals surface area contributed by atoms with Crippen molar-refractivity contribution in [3.05, 3.63) is 41.0 Å². The molecular formula is C34H38N2O13. The average molecular weight is 683 g/mol. The van der Waals surface area contributed by atoms with E-state index < -0.39 is 79.0 Å². The second kappa shape index (κ2) is 12.2. The molecule has 8 atom stereocenters. The zero-order chi connectivity index (χ0) is 34.8. The van der Waals surface area contributed by atoms with Crippen molar-refractivity contribution in [3.8, 4) is 40.6 Å². The molecule has 6 aliphatic rings. The monoisotopic (exact) mass is 682 g/mol. The summed E-state index contributed by atoms with van der Waals surface area (Å²) >= 11 is 0. The molecule has 5 heterocycles. The Morgan fingerprint density at radius 3 is 2.49 bits per heavy atom. The van der Waals surface area contributed by atoms with E-state index >= 15 is 0 Å². The van der Waals surface area contributed by atoms with Crippen LogP contribution in [0.2, 0.25) is 0 Å². The number of fused-ring (bicyclic) bond motifs is 9. The number of aliphatic hydroxyl groups excluding tert-OH is 2. The third-order valence-electron chi connectivity index (χ3n) is 10.1. The van der Waals surface area contributed by atoms with Crippen LogP contribution in [0.15, 0.2) is 24.3 Å². The standard InChI is InChI=1S/C34H38N2O13/c1-43-18-8-7-16-23-25(47-26(16)27(18)44-2)17-12-15-6-5-11-34(42)29(41)24(40)32(45-19(15)13-20(17)49-33(23)9-3-4-10-33)48-30(34)28(31(35)36)46-22(39)14-21(37)38/h7-8,12-13,23-25,28-32,40-42H,3-4,9-11,14,35-36H2,1-2H3,(H,37,38)/t23-,24+,25+,28-,29+,30+,32-,34-/m0/s1. The van der Waals surface area contributed by atoms with Gasteiger partial charge in [-0.3, -0.25) is 9.59 Å². The lowest BCUT2D eigenvalue weighted by atomic mass is 9.74. The molecule has 1 aliphatic carbocycles. The largest absolute Gasteiger partial charge is 0.493 e. The summed E-state index contributed by atoms with van der Waals surface area (Å²) in [4.78, 5) is 23.4. The first-order valence-electron chi connectivity index (χ1n) is 16.0. The molecule has 262 valence electrons. The van der Waals surface area contributed by atoms with E-state index in [4.69, 9.17) is 49.7 Å². The third kappa shape index (κ3) is 5.30. The van der Waals surface area contributed by atoms with E-state index in [0.29, 0.717) is 34.1 Å². The van der Waals surface area contributed by atoms with Crippen molar-refractivity contribution in [1.82, 2.24) is 0 Å². The van der Waals surface area contributed by atoms with Gasteiger partial charge in [-0.1, -0.05) is 17.9 Å². The maximum absolute atomic E-state index is 12.3. The maximum atomic E-state index is 12.3. The molecule has 2 aromatic rings. The molecule has 8 rings (SSSR count). The molecule has 2 bridgehead atoms. The van der Waals surface area contributed by atoms with Crippen LogP contribution in [0.3, 0.4) is 0 Å². The number of esters is 1. The second-order valence-corrected chi connectivity index (χ2v) is 13.0. The van der Waals surface area contributed by atoms with Gasteiger partial charge in [-0.15, -0.1) is 0 Å². The van der Waals surface area contributed by atoms with E-state index in [1.54, 1.807) is 26.4 Å². The minimum absolute atomic E-state index is 0.145. The first-order chi connectivity index (χ1) is 23.4.